The van der Waals surface area contributed by atoms with Crippen LogP contribution in [0.5, 0.6) is 0 Å². The predicted octanol–water partition coefficient (Wildman–Crippen LogP) is 5.41. The molecule has 0 N–H and O–H groups in total. The minimum absolute atomic E-state index is 0.307. The highest BCUT2D eigenvalue weighted by molar-refractivity contribution is 6.81. The van der Waals surface area contributed by atoms with E-state index < -0.39 is 6.55 Å². The van der Waals surface area contributed by atoms with Crippen molar-refractivity contribution in [3.05, 3.63) is 54.6 Å². The topological polar surface area (TPSA) is 18.5 Å². The number of hydrogen-bond donors (Lipinski definition) is 0. The van der Waals surface area contributed by atoms with Gasteiger partial charge in [-0.15, -0.1) is 6.32 Å². The Kier molecular flexibility index (Phi) is 4.83. The normalized spacial score (nSPS) is 20.5. The van der Waals surface area contributed by atoms with Gasteiger partial charge < -0.3 is 9.31 Å². The molecule has 2 aromatic carbocycles. The van der Waals surface area contributed by atoms with Gasteiger partial charge in [-0.3, -0.25) is 0 Å². The summed E-state index contributed by atoms with van der Waals surface area (Å²) in [6.07, 6.45) is 3.18. The summed E-state index contributed by atoms with van der Waals surface area (Å²) >= 11 is 0. The average Bonchev–Trinajstić information content (AvgIpc) is 2.79. The van der Waals surface area contributed by atoms with Crippen molar-refractivity contribution < 1.29 is 9.31 Å². The third kappa shape index (κ3) is 3.40. The second-order valence-electron chi connectivity index (χ2n) is 8.26. The maximum absolute atomic E-state index is 6.63. The molecule has 0 aliphatic carbocycles. The van der Waals surface area contributed by atoms with E-state index in [1.54, 1.807) is 0 Å². The van der Waals surface area contributed by atoms with E-state index in [1.165, 1.54) is 16.6 Å². The van der Waals surface area contributed by atoms with Crippen molar-refractivity contribution in [2.45, 2.75) is 65.0 Å². The fourth-order valence-corrected chi connectivity index (χ4v) is 3.75. The van der Waals surface area contributed by atoms with Crippen LogP contribution < -0.4 is 5.46 Å². The van der Waals surface area contributed by atoms with Crippen LogP contribution in [0.15, 0.2) is 54.6 Å². The summed E-state index contributed by atoms with van der Waals surface area (Å²) in [4.78, 5) is 0. The highest BCUT2D eigenvalue weighted by atomic mass is 16.7. The summed E-state index contributed by atoms with van der Waals surface area (Å²) in [5.41, 5.74) is 3.02. The van der Waals surface area contributed by atoms with E-state index in [0.717, 1.165) is 19.2 Å². The lowest BCUT2D eigenvalue weighted by Crippen LogP contribution is -2.51. The maximum atomic E-state index is 6.63. The lowest BCUT2D eigenvalue weighted by atomic mass is 9.48. The third-order valence-corrected chi connectivity index (χ3v) is 5.88. The van der Waals surface area contributed by atoms with Crippen LogP contribution in [0.1, 0.15) is 47.5 Å². The zero-order valence-electron chi connectivity index (χ0n) is 16.2. The standard InChI is InChI=1S/C22H30BO2/c1-6-7-17-23(24-21(2,3)22(4,5)25-23)20-15-13-19(14-16-20)18-11-9-8-10-12-18/h8-16H,6-7,17H2,1-5H3/q-1. The van der Waals surface area contributed by atoms with Gasteiger partial charge in [-0.25, -0.2) is 0 Å². The largest absolute Gasteiger partial charge is 0.558 e. The first kappa shape index (κ1) is 18.2. The smallest absolute Gasteiger partial charge is 0.270 e. The fourth-order valence-electron chi connectivity index (χ4n) is 3.75. The van der Waals surface area contributed by atoms with Crippen molar-refractivity contribution in [1.29, 1.82) is 0 Å². The van der Waals surface area contributed by atoms with Gasteiger partial charge in [0.05, 0.1) is 0 Å². The summed E-state index contributed by atoms with van der Waals surface area (Å²) in [5.74, 6) is 0. The molecule has 0 aromatic heterocycles. The van der Waals surface area contributed by atoms with Gasteiger partial charge in [0.15, 0.2) is 0 Å². The van der Waals surface area contributed by atoms with Gasteiger partial charge in [0.2, 0.25) is 0 Å². The second kappa shape index (κ2) is 6.62. The van der Waals surface area contributed by atoms with Crippen LogP contribution >= 0.6 is 0 Å². The summed E-state index contributed by atoms with van der Waals surface area (Å²) in [6, 6.07) is 19.2. The summed E-state index contributed by atoms with van der Waals surface area (Å²) in [5, 5.41) is 0. The Morgan fingerprint density at radius 2 is 1.28 bits per heavy atom. The molecule has 1 heterocycles. The molecule has 1 saturated heterocycles. The first-order valence-corrected chi connectivity index (χ1v) is 9.52. The van der Waals surface area contributed by atoms with Crippen LogP contribution in [0.25, 0.3) is 11.1 Å². The molecule has 0 amide bonds. The Bertz CT molecular complexity index is 689. The Hall–Kier alpha value is -1.58. The monoisotopic (exact) mass is 337 g/mol. The fraction of sp³-hybridized carbons (Fsp3) is 0.455. The minimum Gasteiger partial charge on any atom is -0.558 e. The first-order chi connectivity index (χ1) is 11.8. The van der Waals surface area contributed by atoms with Gasteiger partial charge >= 0.3 is 0 Å². The lowest BCUT2D eigenvalue weighted by molar-refractivity contribution is 0.00578. The Morgan fingerprint density at radius 3 is 1.80 bits per heavy atom. The van der Waals surface area contributed by atoms with E-state index in [2.05, 4.69) is 83.1 Å². The molecule has 1 aliphatic heterocycles. The summed E-state index contributed by atoms with van der Waals surface area (Å²) < 4.78 is 13.3. The van der Waals surface area contributed by atoms with Gasteiger partial charge in [0, 0.05) is 11.2 Å². The predicted molar refractivity (Wildman–Crippen MR) is 107 cm³/mol. The molecule has 3 heteroatoms. The molecule has 0 atom stereocenters. The van der Waals surface area contributed by atoms with Gasteiger partial charge in [0.1, 0.15) is 0 Å². The molecule has 0 saturated carbocycles. The van der Waals surface area contributed by atoms with E-state index in [-0.39, 0.29) is 11.2 Å². The Morgan fingerprint density at radius 1 is 0.760 bits per heavy atom. The van der Waals surface area contributed by atoms with Crippen LogP contribution in [0.3, 0.4) is 0 Å². The summed E-state index contributed by atoms with van der Waals surface area (Å²) in [6.45, 7) is 9.32. The van der Waals surface area contributed by atoms with Crippen molar-refractivity contribution in [3.8, 4) is 11.1 Å². The Labute approximate surface area is 152 Å². The second-order valence-corrected chi connectivity index (χ2v) is 8.26. The molecule has 1 aliphatic rings. The summed E-state index contributed by atoms with van der Waals surface area (Å²) in [7, 11) is 0. The molecular weight excluding hydrogens is 307 g/mol. The van der Waals surface area contributed by atoms with E-state index in [9.17, 15) is 0 Å². The molecular formula is C22H30BO2-. The van der Waals surface area contributed by atoms with Crippen LogP contribution in [0.4, 0.5) is 0 Å². The van der Waals surface area contributed by atoms with Crippen molar-refractivity contribution >= 4 is 12.0 Å². The number of benzene rings is 2. The van der Waals surface area contributed by atoms with Gasteiger partial charge in [-0.2, -0.15) is 5.46 Å². The van der Waals surface area contributed by atoms with Crippen molar-refractivity contribution in [3.63, 3.8) is 0 Å². The van der Waals surface area contributed by atoms with Crippen LogP contribution in [0, 0.1) is 0 Å². The van der Waals surface area contributed by atoms with Gasteiger partial charge in [-0.1, -0.05) is 74.4 Å². The zero-order valence-corrected chi connectivity index (χ0v) is 16.2. The van der Waals surface area contributed by atoms with E-state index in [0.29, 0.717) is 0 Å². The van der Waals surface area contributed by atoms with Crippen molar-refractivity contribution in [1.82, 2.24) is 0 Å². The van der Waals surface area contributed by atoms with Crippen molar-refractivity contribution in [2.24, 2.45) is 0 Å². The average molecular weight is 337 g/mol. The molecule has 2 aromatic rings. The highest BCUT2D eigenvalue weighted by Gasteiger charge is 2.51. The van der Waals surface area contributed by atoms with Gasteiger partial charge in [-0.05, 0) is 38.8 Å². The molecule has 0 unspecified atom stereocenters. The van der Waals surface area contributed by atoms with E-state index in [4.69, 9.17) is 9.31 Å². The minimum atomic E-state index is -1.45. The van der Waals surface area contributed by atoms with E-state index in [1.807, 2.05) is 6.07 Å². The lowest BCUT2D eigenvalue weighted by Gasteiger charge is -2.38. The molecule has 0 bridgehead atoms. The third-order valence-electron chi connectivity index (χ3n) is 5.88. The van der Waals surface area contributed by atoms with Crippen LogP contribution in [0.2, 0.25) is 6.32 Å². The molecule has 2 nitrogen and oxygen atoms in total. The molecule has 134 valence electrons. The molecule has 3 rings (SSSR count). The first-order valence-electron chi connectivity index (χ1n) is 9.52. The zero-order chi connectivity index (χ0) is 18.1. The molecule has 0 spiro atoms. The number of hydrogen-bond acceptors (Lipinski definition) is 2. The molecule has 25 heavy (non-hydrogen) atoms. The van der Waals surface area contributed by atoms with Crippen LogP contribution in [-0.4, -0.2) is 17.8 Å². The van der Waals surface area contributed by atoms with Gasteiger partial charge in [0.25, 0.3) is 6.55 Å². The van der Waals surface area contributed by atoms with E-state index >= 15 is 0 Å². The van der Waals surface area contributed by atoms with Crippen LogP contribution in [-0.2, 0) is 9.31 Å². The highest BCUT2D eigenvalue weighted by Crippen LogP contribution is 2.43. The number of rotatable bonds is 5. The quantitative estimate of drug-likeness (QED) is 0.680. The molecule has 0 radical (unpaired) electrons. The van der Waals surface area contributed by atoms with Crippen molar-refractivity contribution in [2.75, 3.05) is 0 Å². The number of unbranched alkanes of at least 4 members (excludes halogenated alkanes) is 1. The SMILES string of the molecule is CCCC[B-]1(c2ccc(-c3ccccc3)cc2)OC(C)(C)C(C)(C)O1. The molecule has 1 fully saturated rings. The maximum Gasteiger partial charge on any atom is 0.270 e. The Balaban J connectivity index is 1.95.